The van der Waals surface area contributed by atoms with Crippen LogP contribution in [-0.4, -0.2) is 71.5 Å². The summed E-state index contributed by atoms with van der Waals surface area (Å²) in [6.45, 7) is 13.9. The van der Waals surface area contributed by atoms with Gasteiger partial charge in [0.1, 0.15) is 17.3 Å². The van der Waals surface area contributed by atoms with Crippen molar-refractivity contribution in [1.29, 1.82) is 5.41 Å². The first kappa shape index (κ1) is 27.2. The Morgan fingerprint density at radius 3 is 2.42 bits per heavy atom. The van der Waals surface area contributed by atoms with Gasteiger partial charge < -0.3 is 20.4 Å². The molecular formula is C27H36FN5O3. The van der Waals surface area contributed by atoms with E-state index in [0.29, 0.717) is 24.2 Å². The van der Waals surface area contributed by atoms with Crippen LogP contribution in [0.25, 0.3) is 5.70 Å². The fourth-order valence-corrected chi connectivity index (χ4v) is 4.22. The van der Waals surface area contributed by atoms with Gasteiger partial charge in [-0.25, -0.2) is 4.39 Å². The van der Waals surface area contributed by atoms with Crippen LogP contribution in [0.2, 0.25) is 0 Å². The fraction of sp³-hybridized carbons (Fsp3) is 0.407. The van der Waals surface area contributed by atoms with Crippen LogP contribution in [0.5, 0.6) is 11.5 Å². The number of nitrogens with zero attached hydrogens (tertiary/aromatic N) is 3. The van der Waals surface area contributed by atoms with Gasteiger partial charge in [0.05, 0.1) is 11.4 Å². The molecule has 0 saturated carbocycles. The van der Waals surface area contributed by atoms with Crippen LogP contribution in [-0.2, 0) is 11.3 Å². The van der Waals surface area contributed by atoms with E-state index in [9.17, 15) is 15.0 Å². The highest BCUT2D eigenvalue weighted by Gasteiger charge is 2.26. The number of hydrogen-bond donors (Lipinski definition) is 4. The molecule has 1 amide bonds. The van der Waals surface area contributed by atoms with Crippen LogP contribution in [0.15, 0.2) is 36.9 Å². The molecule has 0 aromatic heterocycles. The summed E-state index contributed by atoms with van der Waals surface area (Å²) in [7, 11) is 2.06. The molecule has 194 valence electrons. The number of anilines is 1. The zero-order chi connectivity index (χ0) is 26.6. The molecule has 0 spiro atoms. The topological polar surface area (TPSA) is 103 Å². The number of nitrogens with one attached hydrogen (secondary N) is 2. The van der Waals surface area contributed by atoms with Gasteiger partial charge in [-0.1, -0.05) is 26.5 Å². The maximum atomic E-state index is 15.3. The SMILES string of the molecule is C=C(c1cc(C(C)C)c(O)cc1O)N(C(=N)C(=O)NCC)c1ccc(CN2CCN(C)CC2)c(F)c1. The third-order valence-electron chi connectivity index (χ3n) is 6.41. The number of rotatable bonds is 7. The molecule has 1 saturated heterocycles. The number of piperazine rings is 1. The first-order valence-corrected chi connectivity index (χ1v) is 12.1. The van der Waals surface area contributed by atoms with Crippen LogP contribution in [0, 0.1) is 11.2 Å². The summed E-state index contributed by atoms with van der Waals surface area (Å²) in [6, 6.07) is 7.38. The lowest BCUT2D eigenvalue weighted by molar-refractivity contribution is -0.114. The highest BCUT2D eigenvalue weighted by atomic mass is 19.1. The smallest absolute Gasteiger partial charge is 0.287 e. The lowest BCUT2D eigenvalue weighted by atomic mass is 9.97. The van der Waals surface area contributed by atoms with E-state index in [-0.39, 0.29) is 34.4 Å². The first-order chi connectivity index (χ1) is 17.0. The van der Waals surface area contributed by atoms with Gasteiger partial charge in [0, 0.05) is 56.5 Å². The van der Waals surface area contributed by atoms with Gasteiger partial charge in [-0.2, -0.15) is 0 Å². The molecule has 0 unspecified atom stereocenters. The van der Waals surface area contributed by atoms with Crippen molar-refractivity contribution in [2.45, 2.75) is 33.2 Å². The van der Waals surface area contributed by atoms with Gasteiger partial charge in [0.15, 0.2) is 5.84 Å². The van der Waals surface area contributed by atoms with E-state index < -0.39 is 17.6 Å². The number of carbonyl (C=O) groups is 1. The van der Waals surface area contributed by atoms with E-state index in [0.717, 1.165) is 26.2 Å². The van der Waals surface area contributed by atoms with E-state index in [2.05, 4.69) is 28.7 Å². The van der Waals surface area contributed by atoms with Gasteiger partial charge in [-0.3, -0.25) is 20.0 Å². The average molecular weight is 498 g/mol. The minimum atomic E-state index is -0.664. The Kier molecular flexibility index (Phi) is 8.70. The molecule has 1 aliphatic rings. The Morgan fingerprint density at radius 1 is 1.17 bits per heavy atom. The predicted molar refractivity (Wildman–Crippen MR) is 141 cm³/mol. The molecule has 36 heavy (non-hydrogen) atoms. The number of carbonyl (C=O) groups excluding carboxylic acids is 1. The molecule has 0 aliphatic carbocycles. The number of amidine groups is 1. The zero-order valence-electron chi connectivity index (χ0n) is 21.4. The van der Waals surface area contributed by atoms with Gasteiger partial charge in [-0.05, 0) is 43.7 Å². The fourth-order valence-electron chi connectivity index (χ4n) is 4.22. The van der Waals surface area contributed by atoms with Gasteiger partial charge in [0.25, 0.3) is 5.91 Å². The van der Waals surface area contributed by atoms with Gasteiger partial charge in [-0.15, -0.1) is 0 Å². The number of phenols is 2. The summed E-state index contributed by atoms with van der Waals surface area (Å²) in [5.74, 6) is -1.97. The van der Waals surface area contributed by atoms with Crippen molar-refractivity contribution in [1.82, 2.24) is 15.1 Å². The molecule has 9 heteroatoms. The number of benzene rings is 2. The summed E-state index contributed by atoms with van der Waals surface area (Å²) in [6.07, 6.45) is 0. The van der Waals surface area contributed by atoms with Crippen molar-refractivity contribution in [3.63, 3.8) is 0 Å². The number of phenolic OH excluding ortho intramolecular Hbond substituents is 2. The average Bonchev–Trinajstić information content (AvgIpc) is 2.82. The van der Waals surface area contributed by atoms with Crippen molar-refractivity contribution in [3.05, 3.63) is 59.4 Å². The summed E-state index contributed by atoms with van der Waals surface area (Å²) < 4.78 is 15.3. The molecule has 1 heterocycles. The normalized spacial score (nSPS) is 14.6. The quantitative estimate of drug-likeness (QED) is 0.344. The molecule has 0 bridgehead atoms. The molecule has 4 N–H and O–H groups in total. The van der Waals surface area contributed by atoms with Crippen LogP contribution < -0.4 is 10.2 Å². The summed E-state index contributed by atoms with van der Waals surface area (Å²) >= 11 is 0. The second kappa shape index (κ2) is 11.5. The number of amides is 1. The zero-order valence-corrected chi connectivity index (χ0v) is 21.4. The van der Waals surface area contributed by atoms with Gasteiger partial charge in [0.2, 0.25) is 0 Å². The highest BCUT2D eigenvalue weighted by molar-refractivity contribution is 6.44. The Bertz CT molecular complexity index is 1140. The first-order valence-electron chi connectivity index (χ1n) is 12.1. The second-order valence-corrected chi connectivity index (χ2v) is 9.43. The summed E-state index contributed by atoms with van der Waals surface area (Å²) in [5, 5.41) is 32.0. The summed E-state index contributed by atoms with van der Waals surface area (Å²) in [5.41, 5.74) is 1.66. The second-order valence-electron chi connectivity index (χ2n) is 9.43. The van der Waals surface area contributed by atoms with Gasteiger partial charge >= 0.3 is 0 Å². The number of halogens is 1. The Balaban J connectivity index is 1.99. The number of aromatic hydroxyl groups is 2. The Labute approximate surface area is 212 Å². The standard InChI is InChI=1S/C27H36FN5O3/c1-6-30-27(36)26(29)33(18(4)22-14-21(17(2)3)24(34)15-25(22)35)20-8-7-19(23(28)13-20)16-32-11-9-31(5)10-12-32/h7-8,13-15,17,29,34-35H,4,6,9-12,16H2,1-3,5H3,(H,30,36). The summed E-state index contributed by atoms with van der Waals surface area (Å²) in [4.78, 5) is 18.3. The van der Waals surface area contributed by atoms with Crippen molar-refractivity contribution < 1.29 is 19.4 Å². The largest absolute Gasteiger partial charge is 0.508 e. The molecule has 8 nitrogen and oxygen atoms in total. The third-order valence-corrected chi connectivity index (χ3v) is 6.41. The molecule has 1 aliphatic heterocycles. The lowest BCUT2D eigenvalue weighted by Gasteiger charge is -2.32. The van der Waals surface area contributed by atoms with Crippen molar-refractivity contribution >= 4 is 23.1 Å². The maximum Gasteiger partial charge on any atom is 0.287 e. The minimum absolute atomic E-state index is 0.0558. The Hall–Kier alpha value is -3.43. The molecule has 2 aromatic carbocycles. The molecule has 1 fully saturated rings. The molecule has 3 rings (SSSR count). The van der Waals surface area contributed by atoms with E-state index >= 15 is 4.39 Å². The Morgan fingerprint density at radius 2 is 1.83 bits per heavy atom. The van der Waals surface area contributed by atoms with Crippen molar-refractivity contribution in [2.24, 2.45) is 0 Å². The van der Waals surface area contributed by atoms with Crippen LogP contribution in [0.3, 0.4) is 0 Å². The maximum absolute atomic E-state index is 15.3. The third kappa shape index (κ3) is 6.03. The lowest BCUT2D eigenvalue weighted by Crippen LogP contribution is -2.44. The monoisotopic (exact) mass is 497 g/mol. The van der Waals surface area contributed by atoms with E-state index in [1.807, 2.05) is 13.8 Å². The van der Waals surface area contributed by atoms with Crippen LogP contribution >= 0.6 is 0 Å². The molecular weight excluding hydrogens is 461 g/mol. The number of likely N-dealkylation sites (N-methyl/N-ethyl adjacent to an activating group) is 2. The van der Waals surface area contributed by atoms with Crippen molar-refractivity contribution in [3.8, 4) is 11.5 Å². The van der Waals surface area contributed by atoms with Crippen LogP contribution in [0.1, 0.15) is 43.4 Å². The van der Waals surface area contributed by atoms with Crippen LogP contribution in [0.4, 0.5) is 10.1 Å². The van der Waals surface area contributed by atoms with Crippen molar-refractivity contribution in [2.75, 3.05) is 44.7 Å². The predicted octanol–water partition coefficient (Wildman–Crippen LogP) is 3.70. The molecule has 0 radical (unpaired) electrons. The van der Waals surface area contributed by atoms with E-state index in [1.54, 1.807) is 25.1 Å². The number of hydrogen-bond acceptors (Lipinski definition) is 6. The van der Waals surface area contributed by atoms with E-state index in [4.69, 9.17) is 5.41 Å². The highest BCUT2D eigenvalue weighted by Crippen LogP contribution is 2.38. The van der Waals surface area contributed by atoms with E-state index in [1.165, 1.54) is 17.0 Å². The molecule has 0 atom stereocenters. The minimum Gasteiger partial charge on any atom is -0.508 e. The molecule has 2 aromatic rings.